The molecule has 0 bridgehead atoms. The highest BCUT2D eigenvalue weighted by molar-refractivity contribution is 5.94. The molecule has 4 rings (SSSR count). The number of aryl methyl sites for hydroxylation is 2. The standard InChI is InChI=1S/C24H27N5O3/c1-13(2)22-28-29-23(32-22)24(9-10-25)18-7-5-16(20(26)30)11-14(18)3-4-15-12-17(21(27)31)6-8-19(15)24/h5-8,11-13H,3-4,9-10,25H2,1-2H3,(H2,26,30)(H2,27,31). The van der Waals surface area contributed by atoms with Crippen LogP contribution in [-0.4, -0.2) is 28.6 Å². The fourth-order valence-electron chi connectivity index (χ4n) is 4.62. The average Bonchev–Trinajstić information content (AvgIpc) is 3.22. The SMILES string of the molecule is CC(C)c1nnc(C2(CCN)c3ccc(C(N)=O)cc3CCc3cc(C(N)=O)ccc32)o1. The minimum Gasteiger partial charge on any atom is -0.424 e. The molecule has 0 saturated heterocycles. The first kappa shape index (κ1) is 21.7. The Kier molecular flexibility index (Phi) is 5.56. The minimum absolute atomic E-state index is 0.0605. The molecule has 0 spiro atoms. The maximum atomic E-state index is 11.9. The number of carbonyl (C=O) groups excluding carboxylic acids is 2. The average molecular weight is 434 g/mol. The van der Waals surface area contributed by atoms with E-state index in [1.54, 1.807) is 12.1 Å². The lowest BCUT2D eigenvalue weighted by molar-refractivity contribution is 0.0991. The molecule has 6 N–H and O–H groups in total. The van der Waals surface area contributed by atoms with Gasteiger partial charge in [0.2, 0.25) is 23.6 Å². The number of hydrogen-bond donors (Lipinski definition) is 3. The molecule has 1 aliphatic carbocycles. The Morgan fingerprint density at radius 2 is 1.50 bits per heavy atom. The second-order valence-electron chi connectivity index (χ2n) is 8.52. The minimum atomic E-state index is -0.831. The van der Waals surface area contributed by atoms with Crippen LogP contribution in [0.5, 0.6) is 0 Å². The topological polar surface area (TPSA) is 151 Å². The zero-order valence-electron chi connectivity index (χ0n) is 18.2. The molecule has 1 aromatic heterocycles. The maximum absolute atomic E-state index is 11.9. The lowest BCUT2D eigenvalue weighted by Crippen LogP contribution is -2.34. The lowest BCUT2D eigenvalue weighted by Gasteiger charge is -2.33. The van der Waals surface area contributed by atoms with Gasteiger partial charge >= 0.3 is 0 Å². The Labute approximate surface area is 186 Å². The molecule has 166 valence electrons. The van der Waals surface area contributed by atoms with Crippen LogP contribution >= 0.6 is 0 Å². The molecule has 0 atom stereocenters. The van der Waals surface area contributed by atoms with Crippen LogP contribution in [0.15, 0.2) is 40.8 Å². The molecule has 8 heteroatoms. The molecule has 0 saturated carbocycles. The summed E-state index contributed by atoms with van der Waals surface area (Å²) < 4.78 is 6.20. The Morgan fingerprint density at radius 3 is 1.91 bits per heavy atom. The summed E-state index contributed by atoms with van der Waals surface area (Å²) in [5, 5.41) is 8.73. The van der Waals surface area contributed by atoms with Gasteiger partial charge in [0.25, 0.3) is 0 Å². The third-order valence-electron chi connectivity index (χ3n) is 6.18. The van der Waals surface area contributed by atoms with Gasteiger partial charge in [-0.1, -0.05) is 26.0 Å². The Balaban J connectivity index is 2.06. The molecule has 8 nitrogen and oxygen atoms in total. The summed E-state index contributed by atoms with van der Waals surface area (Å²) in [6, 6.07) is 10.9. The fraction of sp³-hybridized carbons (Fsp3) is 0.333. The van der Waals surface area contributed by atoms with Gasteiger partial charge in [0.1, 0.15) is 5.41 Å². The van der Waals surface area contributed by atoms with Gasteiger partial charge in [0.15, 0.2) is 0 Å². The Hall–Kier alpha value is -3.52. The van der Waals surface area contributed by atoms with E-state index in [1.165, 1.54) is 0 Å². The molecule has 2 amide bonds. The van der Waals surface area contributed by atoms with Crippen LogP contribution in [0.25, 0.3) is 0 Å². The first-order valence-corrected chi connectivity index (χ1v) is 10.7. The number of nitrogens with two attached hydrogens (primary N) is 3. The molecular formula is C24H27N5O3. The zero-order chi connectivity index (χ0) is 23.0. The van der Waals surface area contributed by atoms with Crippen LogP contribution in [0.3, 0.4) is 0 Å². The first-order valence-electron chi connectivity index (χ1n) is 10.7. The summed E-state index contributed by atoms with van der Waals surface area (Å²) in [6.45, 7) is 4.33. The van der Waals surface area contributed by atoms with Gasteiger partial charge in [0, 0.05) is 17.0 Å². The summed E-state index contributed by atoms with van der Waals surface area (Å²) in [5.41, 5.74) is 21.1. The summed E-state index contributed by atoms with van der Waals surface area (Å²) in [5.74, 6) is 0.0519. The van der Waals surface area contributed by atoms with Gasteiger partial charge in [-0.3, -0.25) is 9.59 Å². The van der Waals surface area contributed by atoms with Crippen molar-refractivity contribution in [1.29, 1.82) is 0 Å². The quantitative estimate of drug-likeness (QED) is 0.542. The molecule has 0 radical (unpaired) electrons. The molecule has 32 heavy (non-hydrogen) atoms. The largest absolute Gasteiger partial charge is 0.424 e. The van der Waals surface area contributed by atoms with Crippen LogP contribution in [0, 0.1) is 0 Å². The number of benzene rings is 2. The number of primary amides is 2. The maximum Gasteiger partial charge on any atom is 0.248 e. The zero-order valence-corrected chi connectivity index (χ0v) is 18.2. The highest BCUT2D eigenvalue weighted by atomic mass is 16.4. The van der Waals surface area contributed by atoms with Crippen LogP contribution in [-0.2, 0) is 18.3 Å². The van der Waals surface area contributed by atoms with Gasteiger partial charge in [-0.25, -0.2) is 0 Å². The molecule has 1 aliphatic rings. The van der Waals surface area contributed by atoms with E-state index < -0.39 is 17.2 Å². The normalized spacial score (nSPS) is 14.5. The van der Waals surface area contributed by atoms with Crippen molar-refractivity contribution in [3.63, 3.8) is 0 Å². The number of aromatic nitrogens is 2. The van der Waals surface area contributed by atoms with Crippen molar-refractivity contribution in [3.05, 3.63) is 81.6 Å². The summed E-state index contributed by atoms with van der Waals surface area (Å²) in [7, 11) is 0. The van der Waals surface area contributed by atoms with Crippen LogP contribution in [0.4, 0.5) is 0 Å². The first-order chi connectivity index (χ1) is 15.3. The Morgan fingerprint density at radius 1 is 0.969 bits per heavy atom. The van der Waals surface area contributed by atoms with E-state index in [0.717, 1.165) is 22.3 Å². The molecular weight excluding hydrogens is 406 g/mol. The lowest BCUT2D eigenvalue weighted by atomic mass is 9.69. The van der Waals surface area contributed by atoms with Crippen molar-refractivity contribution in [2.45, 2.75) is 44.4 Å². The molecule has 0 fully saturated rings. The number of fused-ring (bicyclic) bond motifs is 2. The van der Waals surface area contributed by atoms with E-state index in [1.807, 2.05) is 38.1 Å². The Bertz CT molecular complexity index is 1130. The van der Waals surface area contributed by atoms with E-state index in [-0.39, 0.29) is 5.92 Å². The summed E-state index contributed by atoms with van der Waals surface area (Å²) in [6.07, 6.45) is 1.78. The number of amides is 2. The van der Waals surface area contributed by atoms with E-state index in [4.69, 9.17) is 21.6 Å². The van der Waals surface area contributed by atoms with Crippen LogP contribution in [0.1, 0.15) is 80.9 Å². The van der Waals surface area contributed by atoms with E-state index in [0.29, 0.717) is 48.7 Å². The van der Waals surface area contributed by atoms with Gasteiger partial charge in [-0.2, -0.15) is 0 Å². The molecule has 1 heterocycles. The molecule has 0 unspecified atom stereocenters. The van der Waals surface area contributed by atoms with Gasteiger partial charge in [0.05, 0.1) is 0 Å². The van der Waals surface area contributed by atoms with E-state index in [2.05, 4.69) is 10.2 Å². The third-order valence-corrected chi connectivity index (χ3v) is 6.18. The van der Waals surface area contributed by atoms with Crippen molar-refractivity contribution in [2.75, 3.05) is 6.54 Å². The van der Waals surface area contributed by atoms with E-state index in [9.17, 15) is 9.59 Å². The van der Waals surface area contributed by atoms with Crippen molar-refractivity contribution in [3.8, 4) is 0 Å². The van der Waals surface area contributed by atoms with Crippen molar-refractivity contribution < 1.29 is 14.0 Å². The third kappa shape index (κ3) is 3.46. The second-order valence-corrected chi connectivity index (χ2v) is 8.52. The summed E-state index contributed by atoms with van der Waals surface area (Å²) >= 11 is 0. The highest BCUT2D eigenvalue weighted by Crippen LogP contribution is 2.47. The second kappa shape index (κ2) is 8.20. The predicted octanol–water partition coefficient (Wildman–Crippen LogP) is 2.17. The monoisotopic (exact) mass is 433 g/mol. The van der Waals surface area contributed by atoms with Gasteiger partial charge in [-0.05, 0) is 72.3 Å². The highest BCUT2D eigenvalue weighted by Gasteiger charge is 2.45. The van der Waals surface area contributed by atoms with Gasteiger partial charge < -0.3 is 21.6 Å². The molecule has 3 aromatic rings. The number of hydrogen-bond acceptors (Lipinski definition) is 6. The smallest absolute Gasteiger partial charge is 0.248 e. The predicted molar refractivity (Wildman–Crippen MR) is 119 cm³/mol. The van der Waals surface area contributed by atoms with E-state index >= 15 is 0 Å². The molecule has 2 aromatic carbocycles. The van der Waals surface area contributed by atoms with Crippen molar-refractivity contribution >= 4 is 11.8 Å². The number of nitrogens with zero attached hydrogens (tertiary/aromatic N) is 2. The number of carbonyl (C=O) groups is 2. The van der Waals surface area contributed by atoms with Gasteiger partial charge in [-0.15, -0.1) is 10.2 Å². The van der Waals surface area contributed by atoms with Crippen molar-refractivity contribution in [2.24, 2.45) is 17.2 Å². The van der Waals surface area contributed by atoms with Crippen LogP contribution in [0.2, 0.25) is 0 Å². The van der Waals surface area contributed by atoms with Crippen molar-refractivity contribution in [1.82, 2.24) is 10.2 Å². The summed E-state index contributed by atoms with van der Waals surface area (Å²) in [4.78, 5) is 23.7. The molecule has 0 aliphatic heterocycles. The number of rotatable bonds is 6. The van der Waals surface area contributed by atoms with Crippen LogP contribution < -0.4 is 17.2 Å². The fourth-order valence-corrected chi connectivity index (χ4v) is 4.62.